The Balaban J connectivity index is 2.39. The number of nitrogens with two attached hydrogens (primary N) is 1. The Bertz CT molecular complexity index is 454. The topological polar surface area (TPSA) is 81.4 Å². The fourth-order valence-electron chi connectivity index (χ4n) is 1.18. The first-order valence-corrected chi connectivity index (χ1v) is 5.89. The van der Waals surface area contributed by atoms with Crippen molar-refractivity contribution in [3.8, 4) is 0 Å². The number of carbonyl (C=O) groups excluding carboxylic acids is 2. The number of carbonyl (C=O) groups is 2. The Morgan fingerprint density at radius 2 is 2.17 bits per heavy atom. The Hall–Kier alpha value is -1.47. The van der Waals surface area contributed by atoms with Gasteiger partial charge in [-0.2, -0.15) is 0 Å². The van der Waals surface area contributed by atoms with Crippen LogP contribution in [0.25, 0.3) is 0 Å². The lowest BCUT2D eigenvalue weighted by Gasteiger charge is -2.06. The molecule has 7 heteroatoms. The van der Waals surface area contributed by atoms with Crippen molar-refractivity contribution in [1.29, 1.82) is 0 Å². The van der Waals surface area contributed by atoms with Gasteiger partial charge in [0.1, 0.15) is 12.4 Å². The average Bonchev–Trinajstić information content (AvgIpc) is 2.27. The van der Waals surface area contributed by atoms with Crippen LogP contribution in [-0.2, 0) is 9.53 Å². The van der Waals surface area contributed by atoms with Gasteiger partial charge in [0.05, 0.1) is 12.2 Å². The highest BCUT2D eigenvalue weighted by Crippen LogP contribution is 2.14. The van der Waals surface area contributed by atoms with E-state index in [1.807, 2.05) is 0 Å². The molecule has 0 radical (unpaired) electrons. The zero-order valence-electron chi connectivity index (χ0n) is 9.41. The van der Waals surface area contributed by atoms with E-state index in [4.69, 9.17) is 10.5 Å². The summed E-state index contributed by atoms with van der Waals surface area (Å²) < 4.78 is 18.8. The minimum absolute atomic E-state index is 0.0481. The van der Waals surface area contributed by atoms with Gasteiger partial charge in [0, 0.05) is 11.0 Å². The monoisotopic (exact) mass is 318 g/mol. The van der Waals surface area contributed by atoms with Gasteiger partial charge in [-0.25, -0.2) is 4.39 Å². The molecule has 5 nitrogen and oxygen atoms in total. The van der Waals surface area contributed by atoms with Gasteiger partial charge in [-0.3, -0.25) is 9.59 Å². The summed E-state index contributed by atoms with van der Waals surface area (Å²) >= 11 is 3.10. The molecule has 0 saturated heterocycles. The van der Waals surface area contributed by atoms with Crippen LogP contribution in [0.5, 0.6) is 0 Å². The second-order valence-corrected chi connectivity index (χ2v) is 4.31. The Morgan fingerprint density at radius 3 is 2.78 bits per heavy atom. The van der Waals surface area contributed by atoms with E-state index in [0.717, 1.165) is 0 Å². The molecule has 0 atom stereocenters. The van der Waals surface area contributed by atoms with E-state index < -0.39 is 17.6 Å². The Kier molecular flexibility index (Phi) is 5.73. The fourth-order valence-corrected chi connectivity index (χ4v) is 1.51. The summed E-state index contributed by atoms with van der Waals surface area (Å²) in [6.07, 6.45) is 0. The van der Waals surface area contributed by atoms with E-state index in [1.54, 1.807) is 6.07 Å². The maximum atomic E-state index is 13.4. The third-order valence-electron chi connectivity index (χ3n) is 1.95. The zero-order valence-corrected chi connectivity index (χ0v) is 11.0. The van der Waals surface area contributed by atoms with E-state index in [2.05, 4.69) is 21.2 Å². The van der Waals surface area contributed by atoms with Crippen molar-refractivity contribution in [2.45, 2.75) is 0 Å². The standard InChI is InChI=1S/C11H12BrFN2O3/c12-7-1-2-8(9(13)5-7)11(17)15-3-4-18-6-10(14)16/h1-2,5H,3-4,6H2,(H2,14,16)(H,15,17). The van der Waals surface area contributed by atoms with Gasteiger partial charge in [0.15, 0.2) is 0 Å². The van der Waals surface area contributed by atoms with Crippen LogP contribution in [0.15, 0.2) is 22.7 Å². The molecule has 0 aromatic heterocycles. The SMILES string of the molecule is NC(=O)COCCNC(=O)c1ccc(Br)cc1F. The van der Waals surface area contributed by atoms with Gasteiger partial charge in [-0.1, -0.05) is 15.9 Å². The molecule has 0 spiro atoms. The van der Waals surface area contributed by atoms with Gasteiger partial charge in [-0.15, -0.1) is 0 Å². The molecule has 0 aliphatic heterocycles. The van der Waals surface area contributed by atoms with Gasteiger partial charge < -0.3 is 15.8 Å². The maximum Gasteiger partial charge on any atom is 0.254 e. The van der Waals surface area contributed by atoms with Gasteiger partial charge in [0.25, 0.3) is 5.91 Å². The summed E-state index contributed by atoms with van der Waals surface area (Å²) in [5.41, 5.74) is 4.81. The quantitative estimate of drug-likeness (QED) is 0.762. The molecular formula is C11H12BrFN2O3. The fraction of sp³-hybridized carbons (Fsp3) is 0.273. The van der Waals surface area contributed by atoms with Crippen LogP contribution in [0.3, 0.4) is 0 Å². The van der Waals surface area contributed by atoms with E-state index in [-0.39, 0.29) is 25.3 Å². The predicted octanol–water partition coefficient (Wildman–Crippen LogP) is 0.820. The third kappa shape index (κ3) is 4.80. The summed E-state index contributed by atoms with van der Waals surface area (Å²) in [7, 11) is 0. The van der Waals surface area contributed by atoms with Gasteiger partial charge in [0.2, 0.25) is 5.91 Å². The summed E-state index contributed by atoms with van der Waals surface area (Å²) in [6, 6.07) is 4.15. The number of amides is 2. The molecule has 1 rings (SSSR count). The van der Waals surface area contributed by atoms with Crippen molar-refractivity contribution in [2.24, 2.45) is 5.73 Å². The normalized spacial score (nSPS) is 10.1. The van der Waals surface area contributed by atoms with E-state index in [1.165, 1.54) is 12.1 Å². The molecule has 98 valence electrons. The number of rotatable bonds is 6. The second-order valence-electron chi connectivity index (χ2n) is 3.40. The van der Waals surface area contributed by atoms with Crippen LogP contribution in [0.2, 0.25) is 0 Å². The molecule has 0 saturated carbocycles. The first-order chi connectivity index (χ1) is 8.50. The largest absolute Gasteiger partial charge is 0.370 e. The lowest BCUT2D eigenvalue weighted by molar-refractivity contribution is -0.122. The smallest absolute Gasteiger partial charge is 0.254 e. The summed E-state index contributed by atoms with van der Waals surface area (Å²) in [6.45, 7) is 0.0942. The molecule has 3 N–H and O–H groups in total. The lowest BCUT2D eigenvalue weighted by Crippen LogP contribution is -2.29. The van der Waals surface area contributed by atoms with Crippen LogP contribution in [0, 0.1) is 5.82 Å². The summed E-state index contributed by atoms with van der Waals surface area (Å²) in [5.74, 6) is -1.73. The molecule has 1 aromatic rings. The predicted molar refractivity (Wildman–Crippen MR) is 66.4 cm³/mol. The average molecular weight is 319 g/mol. The number of benzene rings is 1. The van der Waals surface area contributed by atoms with Crippen molar-refractivity contribution < 1.29 is 18.7 Å². The summed E-state index contributed by atoms with van der Waals surface area (Å²) in [5, 5.41) is 2.46. The van der Waals surface area contributed by atoms with Crippen molar-refractivity contribution >= 4 is 27.7 Å². The van der Waals surface area contributed by atoms with E-state index >= 15 is 0 Å². The van der Waals surface area contributed by atoms with Crippen molar-refractivity contribution in [3.05, 3.63) is 34.1 Å². The Morgan fingerprint density at radius 1 is 1.44 bits per heavy atom. The number of hydrogen-bond donors (Lipinski definition) is 2. The molecule has 2 amide bonds. The van der Waals surface area contributed by atoms with Gasteiger partial charge in [-0.05, 0) is 18.2 Å². The summed E-state index contributed by atoms with van der Waals surface area (Å²) in [4.78, 5) is 21.9. The molecule has 18 heavy (non-hydrogen) atoms. The van der Waals surface area contributed by atoms with Crippen molar-refractivity contribution in [1.82, 2.24) is 5.32 Å². The van der Waals surface area contributed by atoms with Crippen LogP contribution in [0.4, 0.5) is 4.39 Å². The number of nitrogens with one attached hydrogen (secondary N) is 1. The maximum absolute atomic E-state index is 13.4. The van der Waals surface area contributed by atoms with Crippen LogP contribution in [0.1, 0.15) is 10.4 Å². The van der Waals surface area contributed by atoms with E-state index in [0.29, 0.717) is 4.47 Å². The minimum Gasteiger partial charge on any atom is -0.370 e. The first kappa shape index (κ1) is 14.6. The minimum atomic E-state index is -0.611. The molecule has 0 unspecified atom stereocenters. The molecule has 0 heterocycles. The molecule has 1 aromatic carbocycles. The third-order valence-corrected chi connectivity index (χ3v) is 2.45. The first-order valence-electron chi connectivity index (χ1n) is 5.10. The highest BCUT2D eigenvalue weighted by Gasteiger charge is 2.11. The molecule has 0 aliphatic rings. The molecule has 0 fully saturated rings. The number of primary amides is 1. The number of ether oxygens (including phenoxy) is 1. The van der Waals surface area contributed by atoms with Crippen LogP contribution >= 0.6 is 15.9 Å². The van der Waals surface area contributed by atoms with E-state index in [9.17, 15) is 14.0 Å². The zero-order chi connectivity index (χ0) is 13.5. The van der Waals surface area contributed by atoms with Crippen molar-refractivity contribution in [2.75, 3.05) is 19.8 Å². The highest BCUT2D eigenvalue weighted by atomic mass is 79.9. The van der Waals surface area contributed by atoms with Gasteiger partial charge >= 0.3 is 0 Å². The number of hydrogen-bond acceptors (Lipinski definition) is 3. The Labute approximate surface area is 112 Å². The van der Waals surface area contributed by atoms with Crippen molar-refractivity contribution in [3.63, 3.8) is 0 Å². The van der Waals surface area contributed by atoms with Crippen LogP contribution in [-0.4, -0.2) is 31.6 Å². The highest BCUT2D eigenvalue weighted by molar-refractivity contribution is 9.10. The number of halogens is 2. The lowest BCUT2D eigenvalue weighted by atomic mass is 10.2. The molecule has 0 bridgehead atoms. The van der Waals surface area contributed by atoms with Crippen LogP contribution < -0.4 is 11.1 Å². The molecule has 0 aliphatic carbocycles. The molecular weight excluding hydrogens is 307 g/mol. The second kappa shape index (κ2) is 7.07.